The number of anilines is 1. The van der Waals surface area contributed by atoms with E-state index in [2.05, 4.69) is 10.4 Å². The molecule has 1 N–H and O–H groups in total. The number of ether oxygens (including phenoxy) is 1. The largest absolute Gasteiger partial charge is 0.451 e. The Morgan fingerprint density at radius 1 is 1.15 bits per heavy atom. The summed E-state index contributed by atoms with van der Waals surface area (Å²) in [5.74, 6) is -1.42. The maximum absolute atomic E-state index is 12.5. The number of carbonyl (C=O) groups is 2. The Hall–Kier alpha value is -3.47. The van der Waals surface area contributed by atoms with Crippen molar-refractivity contribution in [3.05, 3.63) is 79.3 Å². The highest BCUT2D eigenvalue weighted by atomic mass is 35.5. The van der Waals surface area contributed by atoms with E-state index in [0.717, 1.165) is 27.7 Å². The van der Waals surface area contributed by atoms with Gasteiger partial charge in [-0.2, -0.15) is 5.10 Å². The number of nitro benzene ring substituents is 1. The van der Waals surface area contributed by atoms with Gasteiger partial charge in [-0.25, -0.2) is 9.48 Å². The van der Waals surface area contributed by atoms with Gasteiger partial charge in [-0.05, 0) is 49.4 Å². The summed E-state index contributed by atoms with van der Waals surface area (Å²) in [6, 6.07) is 12.6. The van der Waals surface area contributed by atoms with Gasteiger partial charge < -0.3 is 10.1 Å². The lowest BCUT2D eigenvalue weighted by molar-refractivity contribution is -0.383. The molecule has 9 nitrogen and oxygen atoms in total. The number of nitro groups is 1. The summed E-state index contributed by atoms with van der Waals surface area (Å²) in [5.41, 5.74) is 1.09. The number of nitrogens with zero attached hydrogens (tertiary/aromatic N) is 3. The molecule has 12 heteroatoms. The fourth-order valence-corrected chi connectivity index (χ4v) is 4.42. The van der Waals surface area contributed by atoms with Crippen LogP contribution in [0.15, 0.2) is 48.5 Å². The Morgan fingerprint density at radius 3 is 2.55 bits per heavy atom. The smallest absolute Gasteiger partial charge is 0.348 e. The Bertz CT molecular complexity index is 1400. The van der Waals surface area contributed by atoms with E-state index in [1.54, 1.807) is 22.9 Å². The maximum atomic E-state index is 12.5. The van der Waals surface area contributed by atoms with Crippen molar-refractivity contribution in [2.75, 3.05) is 11.9 Å². The van der Waals surface area contributed by atoms with E-state index in [1.807, 2.05) is 19.1 Å². The fourth-order valence-electron chi connectivity index (χ4n) is 3.06. The standard InChI is InChI=1S/C21H14Cl2N4O5S/c1-11-15-9-18(33-20(15)26(25-11)14-5-2-12(22)3-6-14)21(29)32-10-19(28)24-16-7-4-13(23)8-17(16)27(30)31/h2-9H,10H2,1H3,(H,24,28). The number of aromatic nitrogens is 2. The van der Waals surface area contributed by atoms with Gasteiger partial charge in [0.25, 0.3) is 11.6 Å². The van der Waals surface area contributed by atoms with E-state index in [9.17, 15) is 19.7 Å². The van der Waals surface area contributed by atoms with Crippen molar-refractivity contribution in [3.8, 4) is 5.69 Å². The van der Waals surface area contributed by atoms with Crippen LogP contribution >= 0.6 is 34.5 Å². The minimum atomic E-state index is -0.724. The summed E-state index contributed by atoms with van der Waals surface area (Å²) in [5, 5.41) is 19.5. The molecular weight excluding hydrogens is 491 g/mol. The summed E-state index contributed by atoms with van der Waals surface area (Å²) < 4.78 is 6.81. The number of benzene rings is 2. The Morgan fingerprint density at radius 2 is 1.85 bits per heavy atom. The van der Waals surface area contributed by atoms with Crippen molar-refractivity contribution in [2.45, 2.75) is 6.92 Å². The number of fused-ring (bicyclic) bond motifs is 1. The number of thiophene rings is 1. The van der Waals surface area contributed by atoms with Crippen molar-refractivity contribution in [2.24, 2.45) is 0 Å². The molecule has 0 radical (unpaired) electrons. The lowest BCUT2D eigenvalue weighted by Gasteiger charge is -2.07. The molecule has 0 unspecified atom stereocenters. The van der Waals surface area contributed by atoms with Gasteiger partial charge in [0.05, 0.1) is 16.3 Å². The van der Waals surface area contributed by atoms with Crippen molar-refractivity contribution in [1.82, 2.24) is 9.78 Å². The number of halogens is 2. The van der Waals surface area contributed by atoms with Crippen molar-refractivity contribution in [3.63, 3.8) is 0 Å². The maximum Gasteiger partial charge on any atom is 0.348 e. The topological polar surface area (TPSA) is 116 Å². The number of hydrogen-bond donors (Lipinski definition) is 1. The van der Waals surface area contributed by atoms with Crippen LogP contribution in [0.25, 0.3) is 15.9 Å². The Labute approximate surface area is 200 Å². The van der Waals surface area contributed by atoms with Crippen LogP contribution in [0.2, 0.25) is 10.0 Å². The van der Waals surface area contributed by atoms with E-state index in [4.69, 9.17) is 27.9 Å². The van der Waals surface area contributed by atoms with Crippen LogP contribution in [0.3, 0.4) is 0 Å². The van der Waals surface area contributed by atoms with Crippen LogP contribution in [0.4, 0.5) is 11.4 Å². The first-order chi connectivity index (χ1) is 15.7. The van der Waals surface area contributed by atoms with Gasteiger partial charge in [0.2, 0.25) is 0 Å². The number of esters is 1. The number of carbonyl (C=O) groups excluding carboxylic acids is 2. The summed E-state index contributed by atoms with van der Waals surface area (Å²) >= 11 is 12.9. The average molecular weight is 505 g/mol. The van der Waals surface area contributed by atoms with Gasteiger partial charge in [-0.3, -0.25) is 14.9 Å². The molecule has 0 atom stereocenters. The first-order valence-electron chi connectivity index (χ1n) is 9.39. The molecule has 4 rings (SSSR count). The molecule has 2 aromatic heterocycles. The molecule has 2 heterocycles. The first-order valence-corrected chi connectivity index (χ1v) is 11.0. The molecule has 0 aliphatic carbocycles. The second-order valence-corrected chi connectivity index (χ2v) is 8.75. The normalized spacial score (nSPS) is 10.9. The molecule has 0 aliphatic rings. The van der Waals surface area contributed by atoms with Gasteiger partial charge in [0.15, 0.2) is 6.61 Å². The van der Waals surface area contributed by atoms with Crippen molar-refractivity contribution >= 4 is 68.0 Å². The fraction of sp³-hybridized carbons (Fsp3) is 0.0952. The third-order valence-corrected chi connectivity index (χ3v) is 6.16. The third kappa shape index (κ3) is 4.82. The van der Waals surface area contributed by atoms with E-state index in [-0.39, 0.29) is 16.4 Å². The van der Waals surface area contributed by atoms with E-state index in [1.165, 1.54) is 23.5 Å². The number of aryl methyl sites for hydroxylation is 1. The monoisotopic (exact) mass is 504 g/mol. The number of nitrogens with one attached hydrogen (secondary N) is 1. The molecule has 0 fully saturated rings. The quantitative estimate of drug-likeness (QED) is 0.213. The Balaban J connectivity index is 1.47. The summed E-state index contributed by atoms with van der Waals surface area (Å²) in [4.78, 5) is 36.2. The number of hydrogen-bond acceptors (Lipinski definition) is 7. The van der Waals surface area contributed by atoms with Gasteiger partial charge in [-0.15, -0.1) is 11.3 Å². The summed E-state index contributed by atoms with van der Waals surface area (Å²) in [6.07, 6.45) is 0. The second-order valence-electron chi connectivity index (χ2n) is 6.85. The molecule has 4 aromatic rings. The summed E-state index contributed by atoms with van der Waals surface area (Å²) in [6.45, 7) is 1.21. The Kier molecular flexibility index (Phi) is 6.32. The van der Waals surface area contributed by atoms with Crippen molar-refractivity contribution < 1.29 is 19.2 Å². The first kappa shape index (κ1) is 22.7. The molecule has 0 saturated heterocycles. The zero-order valence-corrected chi connectivity index (χ0v) is 19.2. The van der Waals surface area contributed by atoms with Crippen LogP contribution < -0.4 is 5.32 Å². The van der Waals surface area contributed by atoms with Crippen molar-refractivity contribution in [1.29, 1.82) is 0 Å². The molecule has 1 amide bonds. The molecule has 2 aromatic carbocycles. The van der Waals surface area contributed by atoms with Crippen LogP contribution in [0.5, 0.6) is 0 Å². The predicted molar refractivity (Wildman–Crippen MR) is 126 cm³/mol. The molecular formula is C21H14Cl2N4O5S. The average Bonchev–Trinajstić information content (AvgIpc) is 3.34. The van der Waals surface area contributed by atoms with Crippen LogP contribution in [-0.4, -0.2) is 33.2 Å². The minimum absolute atomic E-state index is 0.0500. The zero-order chi connectivity index (χ0) is 23.7. The highest BCUT2D eigenvalue weighted by molar-refractivity contribution is 7.20. The molecule has 0 saturated carbocycles. The highest BCUT2D eigenvalue weighted by Gasteiger charge is 2.20. The third-order valence-electron chi connectivity index (χ3n) is 4.58. The minimum Gasteiger partial charge on any atom is -0.451 e. The molecule has 0 bridgehead atoms. The second kappa shape index (κ2) is 9.18. The van der Waals surface area contributed by atoms with Crippen LogP contribution in [-0.2, 0) is 9.53 Å². The highest BCUT2D eigenvalue weighted by Crippen LogP contribution is 2.31. The number of amides is 1. The summed E-state index contributed by atoms with van der Waals surface area (Å²) in [7, 11) is 0. The van der Waals surface area contributed by atoms with Crippen LogP contribution in [0, 0.1) is 17.0 Å². The van der Waals surface area contributed by atoms with E-state index >= 15 is 0 Å². The lowest BCUT2D eigenvalue weighted by Crippen LogP contribution is -2.21. The lowest BCUT2D eigenvalue weighted by atomic mass is 10.2. The van der Waals surface area contributed by atoms with Crippen LogP contribution in [0.1, 0.15) is 15.4 Å². The predicted octanol–water partition coefficient (Wildman–Crippen LogP) is 5.41. The van der Waals surface area contributed by atoms with Gasteiger partial charge in [0.1, 0.15) is 15.4 Å². The molecule has 33 heavy (non-hydrogen) atoms. The van der Waals surface area contributed by atoms with Gasteiger partial charge in [0, 0.05) is 21.5 Å². The molecule has 0 spiro atoms. The van der Waals surface area contributed by atoms with Gasteiger partial charge >= 0.3 is 5.97 Å². The number of rotatable bonds is 6. The zero-order valence-electron chi connectivity index (χ0n) is 16.9. The SMILES string of the molecule is Cc1nn(-c2ccc(Cl)cc2)c2sc(C(=O)OCC(=O)Nc3ccc(Cl)cc3[N+](=O)[O-])cc12. The molecule has 168 valence electrons. The van der Waals surface area contributed by atoms with E-state index in [0.29, 0.717) is 9.90 Å². The van der Waals surface area contributed by atoms with E-state index < -0.39 is 23.4 Å². The molecule has 0 aliphatic heterocycles. The van der Waals surface area contributed by atoms with Gasteiger partial charge in [-0.1, -0.05) is 23.2 Å².